The zero-order valence-corrected chi connectivity index (χ0v) is 9.75. The van der Waals surface area contributed by atoms with Crippen molar-refractivity contribution in [2.45, 2.75) is 33.6 Å². The molecular weight excluding hydrogens is 190 g/mol. The summed E-state index contributed by atoms with van der Waals surface area (Å²) in [5.41, 5.74) is 0.692. The van der Waals surface area contributed by atoms with Gasteiger partial charge in [0.1, 0.15) is 5.76 Å². The van der Waals surface area contributed by atoms with Crippen molar-refractivity contribution in [3.8, 4) is 0 Å². The first-order chi connectivity index (χ1) is 7.20. The number of carbonyl (C=O) groups is 1. The third-order valence-electron chi connectivity index (χ3n) is 2.36. The van der Waals surface area contributed by atoms with Crippen molar-refractivity contribution in [2.75, 3.05) is 13.1 Å². The fourth-order valence-electron chi connectivity index (χ4n) is 1.63. The highest BCUT2D eigenvalue weighted by atomic mass is 16.3. The van der Waals surface area contributed by atoms with E-state index >= 15 is 0 Å². The predicted molar refractivity (Wildman–Crippen MR) is 59.9 cm³/mol. The number of nitrogens with zero attached hydrogens (tertiary/aromatic N) is 1. The summed E-state index contributed by atoms with van der Waals surface area (Å²) in [6, 6.07) is 1.75. The molecule has 0 aromatic carbocycles. The van der Waals surface area contributed by atoms with Crippen molar-refractivity contribution < 1.29 is 9.21 Å². The summed E-state index contributed by atoms with van der Waals surface area (Å²) in [4.78, 5) is 14.0. The molecule has 1 heterocycles. The van der Waals surface area contributed by atoms with Crippen molar-refractivity contribution in [2.24, 2.45) is 0 Å². The third-order valence-corrected chi connectivity index (χ3v) is 2.36. The van der Waals surface area contributed by atoms with Crippen LogP contribution in [0.5, 0.6) is 0 Å². The van der Waals surface area contributed by atoms with E-state index in [1.165, 1.54) is 0 Å². The second-order valence-corrected chi connectivity index (χ2v) is 3.68. The Morgan fingerprint density at radius 2 is 1.93 bits per heavy atom. The minimum atomic E-state index is 0.0879. The van der Waals surface area contributed by atoms with E-state index in [9.17, 15) is 4.79 Å². The summed E-state index contributed by atoms with van der Waals surface area (Å²) in [5, 5.41) is 0. The summed E-state index contributed by atoms with van der Waals surface area (Å²) in [6.07, 6.45) is 3.55. The van der Waals surface area contributed by atoms with E-state index < -0.39 is 0 Å². The maximum atomic E-state index is 12.1. The summed E-state index contributed by atoms with van der Waals surface area (Å²) < 4.78 is 5.14. The third kappa shape index (κ3) is 2.85. The minimum Gasteiger partial charge on any atom is -0.469 e. The van der Waals surface area contributed by atoms with E-state index in [2.05, 4.69) is 13.8 Å². The lowest BCUT2D eigenvalue weighted by Gasteiger charge is -2.20. The van der Waals surface area contributed by atoms with Crippen LogP contribution in [0, 0.1) is 6.92 Å². The fourth-order valence-corrected chi connectivity index (χ4v) is 1.63. The molecule has 3 heteroatoms. The number of hydrogen-bond donors (Lipinski definition) is 0. The second-order valence-electron chi connectivity index (χ2n) is 3.68. The van der Waals surface area contributed by atoms with Crippen molar-refractivity contribution in [1.82, 2.24) is 4.90 Å². The molecule has 0 saturated heterocycles. The highest BCUT2D eigenvalue weighted by molar-refractivity contribution is 5.95. The molecule has 0 aliphatic rings. The predicted octanol–water partition coefficient (Wildman–Crippen LogP) is 2.85. The van der Waals surface area contributed by atoms with E-state index in [0.29, 0.717) is 11.3 Å². The normalized spacial score (nSPS) is 10.3. The van der Waals surface area contributed by atoms with Crippen LogP contribution in [0.2, 0.25) is 0 Å². The molecule has 0 atom stereocenters. The standard InChI is InChI=1S/C12H19NO2/c1-4-7-13(8-5-2)12(14)11-6-9-15-10(11)3/h6,9H,4-5,7-8H2,1-3H3. The smallest absolute Gasteiger partial charge is 0.257 e. The molecule has 15 heavy (non-hydrogen) atoms. The van der Waals surface area contributed by atoms with E-state index in [4.69, 9.17) is 4.42 Å². The Kier molecular flexibility index (Phi) is 4.40. The summed E-state index contributed by atoms with van der Waals surface area (Å²) in [7, 11) is 0. The first-order valence-corrected chi connectivity index (χ1v) is 5.54. The van der Waals surface area contributed by atoms with E-state index in [1.807, 2.05) is 11.8 Å². The number of carbonyl (C=O) groups excluding carboxylic acids is 1. The van der Waals surface area contributed by atoms with Crippen LogP contribution >= 0.6 is 0 Å². The zero-order valence-electron chi connectivity index (χ0n) is 9.75. The maximum Gasteiger partial charge on any atom is 0.257 e. The maximum absolute atomic E-state index is 12.1. The second kappa shape index (κ2) is 5.59. The molecular formula is C12H19NO2. The Bertz CT molecular complexity index is 311. The van der Waals surface area contributed by atoms with Gasteiger partial charge in [0.25, 0.3) is 5.91 Å². The van der Waals surface area contributed by atoms with Crippen molar-refractivity contribution in [3.63, 3.8) is 0 Å². The van der Waals surface area contributed by atoms with Crippen LogP contribution < -0.4 is 0 Å². The van der Waals surface area contributed by atoms with Gasteiger partial charge in [0.05, 0.1) is 11.8 Å². The molecule has 0 fully saturated rings. The van der Waals surface area contributed by atoms with Gasteiger partial charge in [-0.25, -0.2) is 0 Å². The van der Waals surface area contributed by atoms with Crippen LogP contribution in [0.25, 0.3) is 0 Å². The van der Waals surface area contributed by atoms with Crippen LogP contribution in [0.3, 0.4) is 0 Å². The molecule has 0 aliphatic carbocycles. The molecule has 1 rings (SSSR count). The van der Waals surface area contributed by atoms with Crippen LogP contribution in [0.15, 0.2) is 16.7 Å². The molecule has 0 radical (unpaired) electrons. The molecule has 1 amide bonds. The zero-order chi connectivity index (χ0) is 11.3. The molecule has 0 unspecified atom stereocenters. The monoisotopic (exact) mass is 209 g/mol. The van der Waals surface area contributed by atoms with E-state index in [-0.39, 0.29) is 5.91 Å². The molecule has 0 saturated carbocycles. The lowest BCUT2D eigenvalue weighted by molar-refractivity contribution is 0.0754. The highest BCUT2D eigenvalue weighted by Gasteiger charge is 2.17. The lowest BCUT2D eigenvalue weighted by atomic mass is 10.2. The van der Waals surface area contributed by atoms with Crippen LogP contribution in [-0.4, -0.2) is 23.9 Å². The topological polar surface area (TPSA) is 33.5 Å². The molecule has 0 N–H and O–H groups in total. The van der Waals surface area contributed by atoms with Gasteiger partial charge in [-0.1, -0.05) is 13.8 Å². The SMILES string of the molecule is CCCN(CCC)C(=O)c1ccoc1C. The fraction of sp³-hybridized carbons (Fsp3) is 0.583. The van der Waals surface area contributed by atoms with Crippen LogP contribution in [0.1, 0.15) is 42.8 Å². The average molecular weight is 209 g/mol. The van der Waals surface area contributed by atoms with Gasteiger partial charge in [-0.3, -0.25) is 4.79 Å². The van der Waals surface area contributed by atoms with Crippen LogP contribution in [-0.2, 0) is 0 Å². The van der Waals surface area contributed by atoms with Gasteiger partial charge < -0.3 is 9.32 Å². The number of amides is 1. The number of furan rings is 1. The first kappa shape index (κ1) is 11.8. The molecule has 1 aromatic heterocycles. The molecule has 3 nitrogen and oxygen atoms in total. The molecule has 0 bridgehead atoms. The molecule has 84 valence electrons. The van der Waals surface area contributed by atoms with E-state index in [0.717, 1.165) is 25.9 Å². The molecule has 1 aromatic rings. The average Bonchev–Trinajstić information content (AvgIpc) is 2.63. The number of hydrogen-bond acceptors (Lipinski definition) is 2. The molecule has 0 spiro atoms. The van der Waals surface area contributed by atoms with Crippen molar-refractivity contribution in [3.05, 3.63) is 23.7 Å². The largest absolute Gasteiger partial charge is 0.469 e. The van der Waals surface area contributed by atoms with Gasteiger partial charge in [0, 0.05) is 13.1 Å². The highest BCUT2D eigenvalue weighted by Crippen LogP contribution is 2.12. The van der Waals surface area contributed by atoms with Crippen molar-refractivity contribution in [1.29, 1.82) is 0 Å². The van der Waals surface area contributed by atoms with Gasteiger partial charge in [-0.2, -0.15) is 0 Å². The Hall–Kier alpha value is -1.25. The number of rotatable bonds is 5. The van der Waals surface area contributed by atoms with Crippen LogP contribution in [0.4, 0.5) is 0 Å². The quantitative estimate of drug-likeness (QED) is 0.747. The Labute approximate surface area is 91.1 Å². The Morgan fingerprint density at radius 3 is 2.33 bits per heavy atom. The number of aryl methyl sites for hydroxylation is 1. The van der Waals surface area contributed by atoms with E-state index in [1.54, 1.807) is 12.3 Å². The van der Waals surface area contributed by atoms with Crippen molar-refractivity contribution >= 4 is 5.91 Å². The lowest BCUT2D eigenvalue weighted by Crippen LogP contribution is -2.32. The van der Waals surface area contributed by atoms with Gasteiger partial charge >= 0.3 is 0 Å². The Balaban J connectivity index is 2.76. The summed E-state index contributed by atoms with van der Waals surface area (Å²) in [6.45, 7) is 7.62. The molecule has 0 aliphatic heterocycles. The summed E-state index contributed by atoms with van der Waals surface area (Å²) >= 11 is 0. The van der Waals surface area contributed by atoms with Gasteiger partial charge in [0.15, 0.2) is 0 Å². The Morgan fingerprint density at radius 1 is 1.33 bits per heavy atom. The van der Waals surface area contributed by atoms with Gasteiger partial charge in [-0.15, -0.1) is 0 Å². The van der Waals surface area contributed by atoms with Gasteiger partial charge in [0.2, 0.25) is 0 Å². The summed E-state index contributed by atoms with van der Waals surface area (Å²) in [5.74, 6) is 0.794. The first-order valence-electron chi connectivity index (χ1n) is 5.54. The van der Waals surface area contributed by atoms with Gasteiger partial charge in [-0.05, 0) is 25.8 Å². The minimum absolute atomic E-state index is 0.0879.